The van der Waals surface area contributed by atoms with Gasteiger partial charge >= 0.3 is 0 Å². The number of aryl methyl sites for hydroxylation is 1. The number of nitrogens with one attached hydrogen (secondary N) is 1. The molecule has 1 aromatic carbocycles. The van der Waals surface area contributed by atoms with Gasteiger partial charge in [0.25, 0.3) is 0 Å². The minimum absolute atomic E-state index is 0.555. The van der Waals surface area contributed by atoms with E-state index in [1.807, 2.05) is 56.7 Å². The summed E-state index contributed by atoms with van der Waals surface area (Å²) in [5, 5.41) is 3.31. The Kier molecular flexibility index (Phi) is 7.73. The molecule has 0 radical (unpaired) electrons. The number of guanidine groups is 1. The number of benzene rings is 1. The molecule has 2 aromatic rings. The van der Waals surface area contributed by atoms with Gasteiger partial charge in [-0.25, -0.2) is 0 Å². The van der Waals surface area contributed by atoms with E-state index in [0.717, 1.165) is 24.6 Å². The van der Waals surface area contributed by atoms with Crippen LogP contribution in [-0.4, -0.2) is 45.5 Å². The second kappa shape index (κ2) is 10.0. The first-order chi connectivity index (χ1) is 12.1. The second-order valence-electron chi connectivity index (χ2n) is 5.98. The van der Waals surface area contributed by atoms with Gasteiger partial charge in [0.2, 0.25) is 0 Å². The fourth-order valence-corrected chi connectivity index (χ4v) is 3.54. The van der Waals surface area contributed by atoms with Crippen molar-refractivity contribution in [1.29, 1.82) is 0 Å². The third-order valence-corrected chi connectivity index (χ3v) is 5.19. The molecule has 25 heavy (non-hydrogen) atoms. The summed E-state index contributed by atoms with van der Waals surface area (Å²) in [5.74, 6) is 2.01. The summed E-state index contributed by atoms with van der Waals surface area (Å²) in [6.45, 7) is 4.20. The fraction of sp³-hybridized carbons (Fsp3) is 0.421. The highest BCUT2D eigenvalue weighted by Gasteiger charge is 2.08. The number of hydrogen-bond donors (Lipinski definition) is 1. The van der Waals surface area contributed by atoms with Crippen LogP contribution in [0.5, 0.6) is 0 Å². The van der Waals surface area contributed by atoms with Crippen LogP contribution < -0.4 is 5.32 Å². The van der Waals surface area contributed by atoms with E-state index in [9.17, 15) is 4.21 Å². The molecule has 0 aliphatic rings. The highest BCUT2D eigenvalue weighted by molar-refractivity contribution is 7.84. The molecule has 1 unspecified atom stereocenters. The van der Waals surface area contributed by atoms with Crippen LogP contribution in [-0.2, 0) is 30.1 Å². The highest BCUT2D eigenvalue weighted by atomic mass is 32.2. The van der Waals surface area contributed by atoms with Crippen LogP contribution in [0.1, 0.15) is 18.2 Å². The smallest absolute Gasteiger partial charge is 0.194 e. The van der Waals surface area contributed by atoms with Crippen LogP contribution in [0.15, 0.2) is 53.7 Å². The molecule has 0 aliphatic heterocycles. The number of aromatic nitrogens is 1. The predicted molar refractivity (Wildman–Crippen MR) is 106 cm³/mol. The van der Waals surface area contributed by atoms with E-state index in [2.05, 4.69) is 32.8 Å². The largest absolute Gasteiger partial charge is 0.357 e. The quantitative estimate of drug-likeness (QED) is 0.581. The molecule has 5 nitrogen and oxygen atoms in total. The Hall–Kier alpha value is -2.08. The van der Waals surface area contributed by atoms with Gasteiger partial charge in [0, 0.05) is 54.8 Å². The van der Waals surface area contributed by atoms with Gasteiger partial charge in [-0.15, -0.1) is 0 Å². The lowest BCUT2D eigenvalue weighted by Crippen LogP contribution is -2.39. The van der Waals surface area contributed by atoms with E-state index in [-0.39, 0.29) is 0 Å². The van der Waals surface area contributed by atoms with Crippen molar-refractivity contribution in [3.63, 3.8) is 0 Å². The minimum Gasteiger partial charge on any atom is -0.357 e. The molecule has 0 bridgehead atoms. The van der Waals surface area contributed by atoms with Crippen LogP contribution in [0.4, 0.5) is 0 Å². The van der Waals surface area contributed by atoms with E-state index in [1.54, 1.807) is 0 Å². The normalized spacial score (nSPS) is 12.8. The maximum absolute atomic E-state index is 12.2. The zero-order valence-electron chi connectivity index (χ0n) is 15.3. The van der Waals surface area contributed by atoms with Crippen LogP contribution in [0, 0.1) is 0 Å². The van der Waals surface area contributed by atoms with Crippen molar-refractivity contribution in [2.24, 2.45) is 12.0 Å². The Balaban J connectivity index is 1.88. The highest BCUT2D eigenvalue weighted by Crippen LogP contribution is 2.05. The number of nitrogens with zero attached hydrogens (tertiary/aromatic N) is 3. The molecule has 0 saturated heterocycles. The van der Waals surface area contributed by atoms with Crippen molar-refractivity contribution in [1.82, 2.24) is 14.8 Å². The Morgan fingerprint density at radius 2 is 2.00 bits per heavy atom. The Bertz CT molecular complexity index is 696. The number of aliphatic imine (C=N–C) groups is 1. The SMILES string of the molecule is CCNC(=NCCS(=O)Cc1ccccc1)N(C)Cc1cccn1C. The molecule has 1 aromatic heterocycles. The molecule has 0 saturated carbocycles. The van der Waals surface area contributed by atoms with E-state index in [4.69, 9.17) is 0 Å². The van der Waals surface area contributed by atoms with E-state index in [0.29, 0.717) is 18.1 Å². The Morgan fingerprint density at radius 1 is 1.24 bits per heavy atom. The lowest BCUT2D eigenvalue weighted by molar-refractivity contribution is 0.462. The average molecular weight is 361 g/mol. The molecule has 0 fully saturated rings. The summed E-state index contributed by atoms with van der Waals surface area (Å²) >= 11 is 0. The first kappa shape index (κ1) is 19.2. The first-order valence-corrected chi connectivity index (χ1v) is 10.1. The molecule has 2 rings (SSSR count). The maximum Gasteiger partial charge on any atom is 0.194 e. The van der Waals surface area contributed by atoms with Crippen molar-refractivity contribution >= 4 is 16.8 Å². The van der Waals surface area contributed by atoms with Gasteiger partial charge in [-0.05, 0) is 24.6 Å². The summed E-state index contributed by atoms with van der Waals surface area (Å²) in [6, 6.07) is 14.1. The first-order valence-electron chi connectivity index (χ1n) is 8.58. The molecular formula is C19H28N4OS. The molecule has 136 valence electrons. The lowest BCUT2D eigenvalue weighted by atomic mass is 10.2. The molecule has 0 aliphatic carbocycles. The molecule has 0 spiro atoms. The van der Waals surface area contributed by atoms with Crippen LogP contribution in [0.3, 0.4) is 0 Å². The van der Waals surface area contributed by atoms with Crippen molar-refractivity contribution in [3.05, 3.63) is 59.9 Å². The molecule has 0 amide bonds. The van der Waals surface area contributed by atoms with Crippen molar-refractivity contribution in [2.45, 2.75) is 19.2 Å². The molecule has 1 atom stereocenters. The standard InChI is InChI=1S/C19H28N4OS/c1-4-20-19(23(3)15-18-11-8-13-22(18)2)21-12-14-25(24)16-17-9-6-5-7-10-17/h5-11,13H,4,12,14-16H2,1-3H3,(H,20,21). The fourth-order valence-electron chi connectivity index (χ4n) is 2.53. The van der Waals surface area contributed by atoms with E-state index in [1.165, 1.54) is 5.69 Å². The second-order valence-corrected chi connectivity index (χ2v) is 7.55. The molecule has 1 N–H and O–H groups in total. The van der Waals surface area contributed by atoms with Crippen molar-refractivity contribution in [3.8, 4) is 0 Å². The van der Waals surface area contributed by atoms with Gasteiger partial charge in [0.15, 0.2) is 5.96 Å². The van der Waals surface area contributed by atoms with Crippen LogP contribution >= 0.6 is 0 Å². The van der Waals surface area contributed by atoms with E-state index < -0.39 is 10.8 Å². The van der Waals surface area contributed by atoms with Gasteiger partial charge < -0.3 is 14.8 Å². The third-order valence-electron chi connectivity index (χ3n) is 3.90. The van der Waals surface area contributed by atoms with Crippen LogP contribution in [0.2, 0.25) is 0 Å². The Labute approximate surface area is 153 Å². The van der Waals surface area contributed by atoms with Crippen molar-refractivity contribution in [2.75, 3.05) is 25.9 Å². The summed E-state index contributed by atoms with van der Waals surface area (Å²) in [6.07, 6.45) is 2.04. The van der Waals surface area contributed by atoms with Gasteiger partial charge in [-0.2, -0.15) is 0 Å². The van der Waals surface area contributed by atoms with E-state index >= 15 is 0 Å². The number of hydrogen-bond acceptors (Lipinski definition) is 2. The monoisotopic (exact) mass is 360 g/mol. The van der Waals surface area contributed by atoms with Gasteiger partial charge in [-0.1, -0.05) is 30.3 Å². The van der Waals surface area contributed by atoms with Gasteiger partial charge in [0.05, 0.1) is 13.1 Å². The third kappa shape index (κ3) is 6.38. The topological polar surface area (TPSA) is 49.6 Å². The van der Waals surface area contributed by atoms with Crippen molar-refractivity contribution < 1.29 is 4.21 Å². The van der Waals surface area contributed by atoms with Crippen LogP contribution in [0.25, 0.3) is 0 Å². The molecule has 1 heterocycles. The lowest BCUT2D eigenvalue weighted by Gasteiger charge is -2.22. The predicted octanol–water partition coefficient (Wildman–Crippen LogP) is 2.37. The van der Waals surface area contributed by atoms with Gasteiger partial charge in [-0.3, -0.25) is 9.20 Å². The Morgan fingerprint density at radius 3 is 2.64 bits per heavy atom. The maximum atomic E-state index is 12.2. The molecular weight excluding hydrogens is 332 g/mol. The summed E-state index contributed by atoms with van der Waals surface area (Å²) in [5.41, 5.74) is 2.33. The average Bonchev–Trinajstić information content (AvgIpc) is 3.00. The minimum atomic E-state index is -0.897. The zero-order valence-corrected chi connectivity index (χ0v) is 16.1. The molecule has 6 heteroatoms. The zero-order chi connectivity index (χ0) is 18.1. The summed E-state index contributed by atoms with van der Waals surface area (Å²) in [7, 11) is 3.17. The number of rotatable bonds is 8. The summed E-state index contributed by atoms with van der Waals surface area (Å²) < 4.78 is 14.3. The summed E-state index contributed by atoms with van der Waals surface area (Å²) in [4.78, 5) is 6.73. The van der Waals surface area contributed by atoms with Gasteiger partial charge in [0.1, 0.15) is 0 Å².